The van der Waals surface area contributed by atoms with Crippen molar-refractivity contribution < 1.29 is 4.74 Å². The first kappa shape index (κ1) is 21.5. The van der Waals surface area contributed by atoms with Gasteiger partial charge < -0.3 is 4.74 Å². The Morgan fingerprint density at radius 2 is 1.37 bits per heavy atom. The van der Waals surface area contributed by atoms with Crippen LogP contribution in [0.5, 0.6) is 5.75 Å². The summed E-state index contributed by atoms with van der Waals surface area (Å²) in [5, 5.41) is 0. The number of hydrogen-bond acceptors (Lipinski definition) is 2. The predicted molar refractivity (Wildman–Crippen MR) is 116 cm³/mol. The molecular weight excluding hydrogens is 330 g/mol. The Morgan fingerprint density at radius 1 is 0.667 bits per heavy atom. The van der Waals surface area contributed by atoms with Gasteiger partial charge >= 0.3 is 0 Å². The second-order valence-electron chi connectivity index (χ2n) is 7.52. The van der Waals surface area contributed by atoms with Crippen LogP contribution in [0.15, 0.2) is 42.6 Å². The quantitative estimate of drug-likeness (QED) is 0.337. The molecule has 0 unspecified atom stereocenters. The van der Waals surface area contributed by atoms with Gasteiger partial charge in [0.25, 0.3) is 0 Å². The van der Waals surface area contributed by atoms with Gasteiger partial charge in [-0.25, -0.2) is 0 Å². The van der Waals surface area contributed by atoms with Gasteiger partial charge in [0.2, 0.25) is 0 Å². The molecule has 1 aromatic heterocycles. The minimum atomic E-state index is 0.831. The van der Waals surface area contributed by atoms with Crippen molar-refractivity contribution in [1.29, 1.82) is 0 Å². The minimum Gasteiger partial charge on any atom is -0.494 e. The van der Waals surface area contributed by atoms with Crippen LogP contribution in [0, 0.1) is 0 Å². The number of aryl methyl sites for hydroxylation is 3. The highest BCUT2D eigenvalue weighted by Gasteiger charge is 2.00. The molecule has 0 fully saturated rings. The number of aromatic nitrogens is 1. The second-order valence-corrected chi connectivity index (χ2v) is 7.52. The first-order valence-electron chi connectivity index (χ1n) is 11.0. The number of unbranched alkanes of at least 4 members (excludes halogenated alkanes) is 6. The molecule has 2 heteroatoms. The maximum Gasteiger partial charge on any atom is 0.119 e. The Kier molecular flexibility index (Phi) is 10.6. The summed E-state index contributed by atoms with van der Waals surface area (Å²) < 4.78 is 5.85. The third kappa shape index (κ3) is 9.08. The highest BCUT2D eigenvalue weighted by molar-refractivity contribution is 5.28. The van der Waals surface area contributed by atoms with Gasteiger partial charge in [-0.15, -0.1) is 0 Å². The fourth-order valence-corrected chi connectivity index (χ4v) is 3.25. The molecule has 2 aromatic rings. The van der Waals surface area contributed by atoms with Crippen LogP contribution < -0.4 is 4.74 Å². The second kappa shape index (κ2) is 13.4. The van der Waals surface area contributed by atoms with E-state index < -0.39 is 0 Å². The lowest BCUT2D eigenvalue weighted by atomic mass is 10.1. The van der Waals surface area contributed by atoms with Crippen molar-refractivity contribution in [3.63, 3.8) is 0 Å². The molecule has 0 atom stereocenters. The van der Waals surface area contributed by atoms with Gasteiger partial charge in [-0.3, -0.25) is 4.98 Å². The SMILES string of the molecule is CCCCCCCOc1ccc(CCc2ccc(CCCCC)cn2)cc1. The average Bonchev–Trinajstić information content (AvgIpc) is 2.71. The van der Waals surface area contributed by atoms with Gasteiger partial charge in [0.05, 0.1) is 6.61 Å². The fraction of sp³-hybridized carbons (Fsp3) is 0.560. The summed E-state index contributed by atoms with van der Waals surface area (Å²) >= 11 is 0. The van der Waals surface area contributed by atoms with E-state index >= 15 is 0 Å². The van der Waals surface area contributed by atoms with Crippen LogP contribution in [0.1, 0.15) is 82.0 Å². The van der Waals surface area contributed by atoms with Gasteiger partial charge in [-0.1, -0.05) is 70.6 Å². The summed E-state index contributed by atoms with van der Waals surface area (Å²) in [7, 11) is 0. The third-order valence-electron chi connectivity index (χ3n) is 5.06. The molecule has 0 N–H and O–H groups in total. The van der Waals surface area contributed by atoms with Crippen molar-refractivity contribution in [3.8, 4) is 5.75 Å². The smallest absolute Gasteiger partial charge is 0.119 e. The van der Waals surface area contributed by atoms with Gasteiger partial charge in [0.1, 0.15) is 5.75 Å². The highest BCUT2D eigenvalue weighted by atomic mass is 16.5. The van der Waals surface area contributed by atoms with Crippen LogP contribution in [0.25, 0.3) is 0 Å². The van der Waals surface area contributed by atoms with E-state index in [1.807, 2.05) is 0 Å². The Bertz CT molecular complexity index is 603. The van der Waals surface area contributed by atoms with Crippen molar-refractivity contribution in [2.45, 2.75) is 84.5 Å². The normalized spacial score (nSPS) is 10.9. The summed E-state index contributed by atoms with van der Waals surface area (Å²) in [5.74, 6) is 0.990. The molecular formula is C25H37NO. The van der Waals surface area contributed by atoms with E-state index in [0.29, 0.717) is 0 Å². The number of nitrogens with zero attached hydrogens (tertiary/aromatic N) is 1. The van der Waals surface area contributed by atoms with Gasteiger partial charge in [-0.2, -0.15) is 0 Å². The molecule has 27 heavy (non-hydrogen) atoms. The molecule has 2 nitrogen and oxygen atoms in total. The van der Waals surface area contributed by atoms with Crippen molar-refractivity contribution in [3.05, 3.63) is 59.4 Å². The zero-order valence-corrected chi connectivity index (χ0v) is 17.4. The molecule has 1 aromatic carbocycles. The number of benzene rings is 1. The molecule has 0 aliphatic heterocycles. The molecule has 148 valence electrons. The van der Waals surface area contributed by atoms with E-state index in [1.54, 1.807) is 0 Å². The maximum atomic E-state index is 5.85. The first-order chi connectivity index (χ1) is 13.3. The van der Waals surface area contributed by atoms with Gasteiger partial charge in [0, 0.05) is 11.9 Å². The Hall–Kier alpha value is -1.83. The van der Waals surface area contributed by atoms with E-state index in [4.69, 9.17) is 4.74 Å². The zero-order chi connectivity index (χ0) is 19.2. The lowest BCUT2D eigenvalue weighted by Crippen LogP contribution is -1.98. The van der Waals surface area contributed by atoms with E-state index in [-0.39, 0.29) is 0 Å². The monoisotopic (exact) mass is 367 g/mol. The number of pyridine rings is 1. The molecule has 2 rings (SSSR count). The molecule has 0 saturated heterocycles. The largest absolute Gasteiger partial charge is 0.494 e. The van der Waals surface area contributed by atoms with Crippen LogP contribution in [-0.2, 0) is 19.3 Å². The van der Waals surface area contributed by atoms with Crippen LogP contribution in [-0.4, -0.2) is 11.6 Å². The zero-order valence-electron chi connectivity index (χ0n) is 17.4. The molecule has 0 radical (unpaired) electrons. The van der Waals surface area contributed by atoms with E-state index in [9.17, 15) is 0 Å². The fourth-order valence-electron chi connectivity index (χ4n) is 3.25. The number of ether oxygens (including phenoxy) is 1. The maximum absolute atomic E-state index is 5.85. The molecule has 1 heterocycles. The number of rotatable bonds is 14. The Labute approximate surface area is 166 Å². The lowest BCUT2D eigenvalue weighted by Gasteiger charge is -2.08. The van der Waals surface area contributed by atoms with Gasteiger partial charge in [0.15, 0.2) is 0 Å². The van der Waals surface area contributed by atoms with Crippen molar-refractivity contribution in [2.75, 3.05) is 6.61 Å². The van der Waals surface area contributed by atoms with Crippen LogP contribution in [0.3, 0.4) is 0 Å². The van der Waals surface area contributed by atoms with Crippen molar-refractivity contribution in [2.24, 2.45) is 0 Å². The molecule has 0 saturated carbocycles. The van der Waals surface area contributed by atoms with Crippen molar-refractivity contribution >= 4 is 0 Å². The van der Waals surface area contributed by atoms with E-state index in [2.05, 4.69) is 61.4 Å². The molecule has 0 aliphatic carbocycles. The third-order valence-corrected chi connectivity index (χ3v) is 5.06. The summed E-state index contributed by atoms with van der Waals surface area (Å²) in [6, 6.07) is 13.0. The van der Waals surface area contributed by atoms with Crippen molar-refractivity contribution in [1.82, 2.24) is 4.98 Å². The Balaban J connectivity index is 1.67. The molecule has 0 spiro atoms. The topological polar surface area (TPSA) is 22.1 Å². The highest BCUT2D eigenvalue weighted by Crippen LogP contribution is 2.15. The molecule has 0 bridgehead atoms. The molecule has 0 aliphatic rings. The Morgan fingerprint density at radius 3 is 2.07 bits per heavy atom. The average molecular weight is 368 g/mol. The summed E-state index contributed by atoms with van der Waals surface area (Å²) in [6.07, 6.45) is 15.5. The van der Waals surface area contributed by atoms with E-state index in [1.165, 1.54) is 61.8 Å². The van der Waals surface area contributed by atoms with Crippen LogP contribution in [0.4, 0.5) is 0 Å². The standard InChI is InChI=1S/C25H37NO/c1-3-5-7-8-10-20-27-25-18-14-22(15-19-25)12-16-24-17-13-23(21-26-24)11-9-6-4-2/h13-15,17-19,21H,3-12,16,20H2,1-2H3. The van der Waals surface area contributed by atoms with Gasteiger partial charge in [-0.05, 0) is 61.4 Å². The summed E-state index contributed by atoms with van der Waals surface area (Å²) in [6.45, 7) is 5.32. The lowest BCUT2D eigenvalue weighted by molar-refractivity contribution is 0.304. The van der Waals surface area contributed by atoms with Crippen LogP contribution >= 0.6 is 0 Å². The summed E-state index contributed by atoms with van der Waals surface area (Å²) in [5.41, 5.74) is 3.89. The molecule has 0 amide bonds. The van der Waals surface area contributed by atoms with Crippen LogP contribution in [0.2, 0.25) is 0 Å². The minimum absolute atomic E-state index is 0.831. The number of hydrogen-bond donors (Lipinski definition) is 0. The first-order valence-corrected chi connectivity index (χ1v) is 11.0. The predicted octanol–water partition coefficient (Wildman–Crippen LogP) is 6.95. The van der Waals surface area contributed by atoms with E-state index in [0.717, 1.165) is 38.0 Å². The summed E-state index contributed by atoms with van der Waals surface area (Å²) in [4.78, 5) is 4.64.